The van der Waals surface area contributed by atoms with Crippen molar-refractivity contribution in [3.05, 3.63) is 455 Å². The molecule has 0 fully saturated rings. The zero-order valence-electron chi connectivity index (χ0n) is 80.3. The van der Waals surface area contributed by atoms with Crippen molar-refractivity contribution in [2.75, 3.05) is 9.80 Å². The summed E-state index contributed by atoms with van der Waals surface area (Å²) in [4.78, 5) is 4.89. The molecule has 0 N–H and O–H groups in total. The summed E-state index contributed by atoms with van der Waals surface area (Å²) in [6.45, 7) is 26.9. The van der Waals surface area contributed by atoms with Gasteiger partial charge in [-0.3, -0.25) is 0 Å². The van der Waals surface area contributed by atoms with E-state index in [2.05, 4.69) is 433 Å². The summed E-state index contributed by atoms with van der Waals surface area (Å²) in [5, 5.41) is -0.0198. The van der Waals surface area contributed by atoms with Crippen LogP contribution in [-0.2, 0) is 32.5 Å². The topological polar surface area (TPSA) is 11.4 Å². The third kappa shape index (κ3) is 11.8. The minimum atomic E-state index is -0.672. The Morgan fingerprint density at radius 1 is 0.250 bits per heavy atom. The van der Waals surface area contributed by atoms with Crippen molar-refractivity contribution in [1.82, 2.24) is 4.57 Å². The molecule has 0 bridgehead atoms. The van der Waals surface area contributed by atoms with Gasteiger partial charge in [-0.05, 0) is 221 Å². The summed E-state index contributed by atoms with van der Waals surface area (Å²) < 4.78 is 80.6. The fourth-order valence-corrected chi connectivity index (χ4v) is 21.0. The van der Waals surface area contributed by atoms with E-state index in [1.165, 1.54) is 44.5 Å². The minimum absolute atomic E-state index is 0.00990. The van der Waals surface area contributed by atoms with E-state index in [0.29, 0.717) is 5.69 Å². The predicted octanol–water partition coefficient (Wildman–Crippen LogP) is 29.5. The summed E-state index contributed by atoms with van der Waals surface area (Å²) in [7, 11) is 0. The highest BCUT2D eigenvalue weighted by molar-refractivity contribution is 7.00. The SMILES string of the molecule is [2H]c1c([2H])c([2H])c2c(c1[2H])c1c([2H])c([2H])c([2H])c([2H])c1n2-c1cc2c3c(c1)N(c1ccccc1-c1ccc4c(c1)-c1ccccc1C4(c1ccccc1)c1ccccc1)c1cc(-c4cc(C(C)(C)C)cc(C(C)(C)C)c4)ccc1B3c1ccc(-c3cc(C(C)(C)C)cc(C(C)(C)C)c3)cc1N2c1ccccc1-c1ccc2c(c1)-c1ccccc1C2(c1ccccc1)c1ccccc1. The number of para-hydroxylation sites is 4. The van der Waals surface area contributed by atoms with Crippen molar-refractivity contribution in [1.29, 1.82) is 0 Å². The van der Waals surface area contributed by atoms with E-state index in [9.17, 15) is 11.0 Å². The van der Waals surface area contributed by atoms with Crippen molar-refractivity contribution in [2.45, 2.75) is 116 Å². The molecule has 2 aliphatic carbocycles. The first kappa shape index (κ1) is 67.8. The summed E-state index contributed by atoms with van der Waals surface area (Å²) in [6.07, 6.45) is 0. The number of aromatic nitrogens is 1. The lowest BCUT2D eigenvalue weighted by molar-refractivity contribution is 0.568. The number of anilines is 6. The smallest absolute Gasteiger partial charge is 0.252 e. The van der Waals surface area contributed by atoms with Crippen molar-refractivity contribution >= 4 is 79.0 Å². The molecule has 3 nitrogen and oxygen atoms in total. The average molecular weight is 1600 g/mol. The quantitative estimate of drug-likeness (QED) is 0.120. The Morgan fingerprint density at radius 3 is 0.927 bits per heavy atom. The second-order valence-electron chi connectivity index (χ2n) is 38.5. The molecule has 3 heterocycles. The van der Waals surface area contributed by atoms with Crippen LogP contribution in [0, 0.1) is 0 Å². The number of nitrogens with zero attached hydrogens (tertiary/aromatic N) is 3. The maximum Gasteiger partial charge on any atom is 0.252 e. The van der Waals surface area contributed by atoms with Crippen LogP contribution >= 0.6 is 0 Å². The Balaban J connectivity index is 0.888. The molecule has 22 rings (SSSR count). The van der Waals surface area contributed by atoms with Crippen molar-refractivity contribution in [3.8, 4) is 72.4 Å². The number of hydrogen-bond donors (Lipinski definition) is 0. The number of benzene rings is 17. The highest BCUT2D eigenvalue weighted by Gasteiger charge is 2.50. The van der Waals surface area contributed by atoms with Crippen LogP contribution < -0.4 is 26.2 Å². The van der Waals surface area contributed by atoms with E-state index < -0.39 is 53.8 Å². The highest BCUT2D eigenvalue weighted by atomic mass is 15.2. The largest absolute Gasteiger partial charge is 0.311 e. The highest BCUT2D eigenvalue weighted by Crippen LogP contribution is 2.61. The zero-order chi connectivity index (χ0) is 91.5. The van der Waals surface area contributed by atoms with Crippen LogP contribution in [0.2, 0.25) is 0 Å². The number of rotatable bonds is 11. The van der Waals surface area contributed by atoms with E-state index >= 15 is 0 Å². The molecular formula is C120H100BN3. The molecule has 4 heteroatoms. The van der Waals surface area contributed by atoms with Gasteiger partial charge >= 0.3 is 0 Å². The van der Waals surface area contributed by atoms with Crippen LogP contribution in [0.4, 0.5) is 34.1 Å². The Labute approximate surface area is 742 Å². The van der Waals surface area contributed by atoms with Gasteiger partial charge in [0.2, 0.25) is 0 Å². The monoisotopic (exact) mass is 1600 g/mol. The first-order valence-corrected chi connectivity index (χ1v) is 43.7. The van der Waals surface area contributed by atoms with Crippen molar-refractivity contribution in [2.24, 2.45) is 0 Å². The summed E-state index contributed by atoms with van der Waals surface area (Å²) >= 11 is 0. The van der Waals surface area contributed by atoms with Crippen LogP contribution in [0.5, 0.6) is 0 Å². The Bertz CT molecular complexity index is 7260. The predicted molar refractivity (Wildman–Crippen MR) is 526 cm³/mol. The van der Waals surface area contributed by atoms with Gasteiger partial charge in [-0.1, -0.05) is 411 Å². The first-order chi connectivity index (χ1) is 63.3. The normalized spacial score (nSPS) is 15.0. The van der Waals surface area contributed by atoms with E-state index in [1.807, 2.05) is 0 Å². The van der Waals surface area contributed by atoms with Crippen LogP contribution in [-0.4, -0.2) is 11.3 Å². The van der Waals surface area contributed by atoms with Gasteiger partial charge in [0.1, 0.15) is 0 Å². The number of hydrogen-bond acceptors (Lipinski definition) is 2. The fourth-order valence-electron chi connectivity index (χ4n) is 21.0. The van der Waals surface area contributed by atoms with Crippen LogP contribution in [0.15, 0.2) is 388 Å². The van der Waals surface area contributed by atoms with Gasteiger partial charge in [-0.15, -0.1) is 0 Å². The minimum Gasteiger partial charge on any atom is -0.311 e. The molecule has 17 aromatic carbocycles. The molecule has 598 valence electrons. The lowest BCUT2D eigenvalue weighted by Gasteiger charge is -2.45. The van der Waals surface area contributed by atoms with Gasteiger partial charge < -0.3 is 14.4 Å². The molecule has 2 aliphatic heterocycles. The molecule has 4 aliphatic rings. The molecule has 0 atom stereocenters. The molecule has 0 saturated carbocycles. The third-order valence-electron chi connectivity index (χ3n) is 27.2. The Kier molecular flexibility index (Phi) is 15.5. The van der Waals surface area contributed by atoms with Gasteiger partial charge in [0.05, 0.1) is 49.9 Å². The van der Waals surface area contributed by atoms with Gasteiger partial charge in [-0.25, -0.2) is 0 Å². The van der Waals surface area contributed by atoms with E-state index in [-0.39, 0.29) is 55.6 Å². The number of fused-ring (bicyclic) bond motifs is 13. The average Bonchev–Trinajstić information content (AvgIpc) is 1.65. The zero-order valence-corrected chi connectivity index (χ0v) is 72.3. The maximum atomic E-state index is 10.3. The van der Waals surface area contributed by atoms with Gasteiger partial charge in [0.15, 0.2) is 0 Å². The molecule has 0 saturated heterocycles. The van der Waals surface area contributed by atoms with Crippen LogP contribution in [0.25, 0.3) is 94.3 Å². The fraction of sp³-hybridized carbons (Fsp3) is 0.150. The van der Waals surface area contributed by atoms with E-state index in [4.69, 9.17) is 0 Å². The third-order valence-corrected chi connectivity index (χ3v) is 27.2. The molecular weight excluding hydrogens is 1490 g/mol. The first-order valence-electron chi connectivity index (χ1n) is 47.7. The Morgan fingerprint density at radius 2 is 0.565 bits per heavy atom. The second-order valence-corrected chi connectivity index (χ2v) is 38.5. The lowest BCUT2D eigenvalue weighted by Crippen LogP contribution is -2.61. The van der Waals surface area contributed by atoms with E-state index in [0.717, 1.165) is 140 Å². The van der Waals surface area contributed by atoms with Gasteiger partial charge in [0, 0.05) is 44.6 Å². The molecule has 0 radical (unpaired) electrons. The molecule has 0 unspecified atom stereocenters. The van der Waals surface area contributed by atoms with E-state index in [1.54, 1.807) is 4.57 Å². The summed E-state index contributed by atoms with van der Waals surface area (Å²) in [5.41, 5.74) is 33.0. The standard InChI is InChI=1S/C120H100BN3/c1-115(2,3)87-65-81(66-88(73-87)116(4,5)6)77-59-63-104-110(71-77)123(106-53-33-27-45-92(106)79-57-61-102-98(69-79)94-47-25-31-51-100(94)119(102,83-37-17-13-18-38-83)84-39-19-14-20-40-84)112-75-91(122-108-55-35-29-49-96(108)97-50-30-36-56-109(97)122)76-113-114(112)121(104)105-64-60-78(82-67-89(117(7,8)9)74-90(68-82)118(10,11)12)72-111(105)124(113)107-54-34-28-46-93(107)80-58-62-103-99(70-80)95-48-26-32-52-101(95)120(103,85-41-21-15-22-42-85)86-43-23-16-24-44-86/h13-76H,1-12H3/i29D,30D,35D,36D,49D,50D,55D,56D. The van der Waals surface area contributed by atoms with Gasteiger partial charge in [-0.2, -0.15) is 0 Å². The molecule has 18 aromatic rings. The molecule has 1 aromatic heterocycles. The second kappa shape index (κ2) is 28.4. The van der Waals surface area contributed by atoms with Crippen LogP contribution in [0.1, 0.15) is 161 Å². The maximum absolute atomic E-state index is 10.3. The molecule has 0 amide bonds. The Hall–Kier alpha value is -13.8. The van der Waals surface area contributed by atoms with Gasteiger partial charge in [0.25, 0.3) is 6.71 Å². The van der Waals surface area contributed by atoms with Crippen LogP contribution in [0.3, 0.4) is 0 Å². The molecule has 0 spiro atoms. The summed E-state index contributed by atoms with van der Waals surface area (Å²) in [5.74, 6) is 0. The van der Waals surface area contributed by atoms with Crippen molar-refractivity contribution in [3.63, 3.8) is 0 Å². The summed E-state index contributed by atoms with van der Waals surface area (Å²) in [6, 6.07) is 122. The lowest BCUT2D eigenvalue weighted by atomic mass is 9.33. The van der Waals surface area contributed by atoms with Crippen molar-refractivity contribution < 1.29 is 11.0 Å². The molecule has 124 heavy (non-hydrogen) atoms.